The fourth-order valence-electron chi connectivity index (χ4n) is 4.42. The highest BCUT2D eigenvalue weighted by Crippen LogP contribution is 2.36. The van der Waals surface area contributed by atoms with Crippen molar-refractivity contribution in [2.45, 2.75) is 19.8 Å². The lowest BCUT2D eigenvalue weighted by atomic mass is 10.0. The largest absolute Gasteiger partial charge is 0.491 e. The Labute approximate surface area is 198 Å². The minimum Gasteiger partial charge on any atom is -0.491 e. The Morgan fingerprint density at radius 1 is 1.15 bits per heavy atom. The maximum absolute atomic E-state index is 13.4. The predicted molar refractivity (Wildman–Crippen MR) is 135 cm³/mol. The van der Waals surface area contributed by atoms with Gasteiger partial charge in [0.25, 0.3) is 0 Å². The van der Waals surface area contributed by atoms with Crippen molar-refractivity contribution in [1.29, 1.82) is 0 Å². The van der Waals surface area contributed by atoms with E-state index in [0.29, 0.717) is 6.61 Å². The van der Waals surface area contributed by atoms with Gasteiger partial charge in [-0.3, -0.25) is 4.98 Å². The van der Waals surface area contributed by atoms with Gasteiger partial charge in [0, 0.05) is 66.1 Å². The van der Waals surface area contributed by atoms with Gasteiger partial charge < -0.3 is 15.4 Å². The van der Waals surface area contributed by atoms with Crippen molar-refractivity contribution in [3.8, 4) is 17.0 Å². The fraction of sp³-hybridized carbons (Fsp3) is 0.214. The van der Waals surface area contributed by atoms with Crippen LogP contribution in [-0.4, -0.2) is 30.2 Å². The van der Waals surface area contributed by atoms with E-state index in [4.69, 9.17) is 9.72 Å². The third-order valence-electron chi connectivity index (χ3n) is 6.11. The normalized spacial score (nSPS) is 13.0. The number of ether oxygens (including phenoxy) is 1. The second-order valence-corrected chi connectivity index (χ2v) is 8.28. The summed E-state index contributed by atoms with van der Waals surface area (Å²) in [5, 5.41) is 7.93. The molecule has 0 atom stereocenters. The van der Waals surface area contributed by atoms with Crippen LogP contribution in [-0.2, 0) is 12.8 Å². The van der Waals surface area contributed by atoms with Crippen molar-refractivity contribution in [1.82, 2.24) is 15.3 Å². The lowest BCUT2D eigenvalue weighted by Gasteiger charge is -2.15. The summed E-state index contributed by atoms with van der Waals surface area (Å²) in [6.07, 6.45) is 5.52. The first-order valence-corrected chi connectivity index (χ1v) is 11.5. The van der Waals surface area contributed by atoms with Crippen LogP contribution < -0.4 is 15.4 Å². The monoisotopic (exact) mass is 454 g/mol. The van der Waals surface area contributed by atoms with E-state index in [0.717, 1.165) is 75.5 Å². The van der Waals surface area contributed by atoms with E-state index >= 15 is 0 Å². The van der Waals surface area contributed by atoms with E-state index in [1.165, 1.54) is 12.1 Å². The molecule has 0 amide bonds. The molecule has 5 nitrogen and oxygen atoms in total. The smallest absolute Gasteiger partial charge is 0.148 e. The molecule has 6 heteroatoms. The van der Waals surface area contributed by atoms with Crippen molar-refractivity contribution >= 4 is 22.3 Å². The molecule has 0 bridgehead atoms. The average Bonchev–Trinajstić information content (AvgIpc) is 3.35. The van der Waals surface area contributed by atoms with Gasteiger partial charge in [-0.15, -0.1) is 0 Å². The summed E-state index contributed by atoms with van der Waals surface area (Å²) in [5.74, 6) is 0.563. The quantitative estimate of drug-likeness (QED) is 0.380. The first-order valence-electron chi connectivity index (χ1n) is 11.5. The van der Waals surface area contributed by atoms with E-state index in [1.807, 2.05) is 26.2 Å². The number of rotatable bonds is 7. The zero-order valence-corrected chi connectivity index (χ0v) is 19.4. The van der Waals surface area contributed by atoms with Crippen LogP contribution >= 0.6 is 0 Å². The fourth-order valence-corrected chi connectivity index (χ4v) is 4.42. The molecule has 0 unspecified atom stereocenters. The molecule has 1 aliphatic heterocycles. The van der Waals surface area contributed by atoms with Crippen molar-refractivity contribution < 1.29 is 9.13 Å². The van der Waals surface area contributed by atoms with Gasteiger partial charge in [0.15, 0.2) is 0 Å². The van der Waals surface area contributed by atoms with Gasteiger partial charge in [0.2, 0.25) is 0 Å². The molecule has 0 radical (unpaired) electrons. The molecular weight excluding hydrogens is 427 g/mol. The SMILES string of the molecule is C/C=C(\NCCc1cc2c(c(-c3ccc(F)cc3)n1)OCC2)c1cc(NC)c2ncccc2c1. The topological polar surface area (TPSA) is 59.1 Å². The number of nitrogens with zero attached hydrogens (tertiary/aromatic N) is 2. The summed E-state index contributed by atoms with van der Waals surface area (Å²) in [6.45, 7) is 3.42. The van der Waals surface area contributed by atoms with Gasteiger partial charge in [-0.2, -0.15) is 0 Å². The molecule has 172 valence electrons. The summed E-state index contributed by atoms with van der Waals surface area (Å²) >= 11 is 0. The molecule has 2 N–H and O–H groups in total. The predicted octanol–water partition coefficient (Wildman–Crippen LogP) is 5.61. The van der Waals surface area contributed by atoms with Gasteiger partial charge in [0.05, 0.1) is 17.8 Å². The van der Waals surface area contributed by atoms with Crippen molar-refractivity contribution in [2.75, 3.05) is 25.5 Å². The van der Waals surface area contributed by atoms with Crippen LogP contribution in [0.2, 0.25) is 0 Å². The van der Waals surface area contributed by atoms with Crippen molar-refractivity contribution in [3.63, 3.8) is 0 Å². The number of allylic oxidation sites excluding steroid dienone is 1. The highest BCUT2D eigenvalue weighted by atomic mass is 19.1. The van der Waals surface area contributed by atoms with Gasteiger partial charge in [-0.25, -0.2) is 9.37 Å². The minimum absolute atomic E-state index is 0.258. The number of anilines is 1. The van der Waals surface area contributed by atoms with Crippen LogP contribution in [0.4, 0.5) is 10.1 Å². The summed E-state index contributed by atoms with van der Waals surface area (Å²) in [6, 6.07) is 16.9. The first kappa shape index (κ1) is 21.9. The molecule has 34 heavy (non-hydrogen) atoms. The zero-order chi connectivity index (χ0) is 23.5. The molecular formula is C28H27FN4O. The molecule has 0 fully saturated rings. The Morgan fingerprint density at radius 3 is 2.79 bits per heavy atom. The molecule has 2 aromatic heterocycles. The molecule has 1 aliphatic rings. The van der Waals surface area contributed by atoms with E-state index in [-0.39, 0.29) is 5.82 Å². The number of halogens is 1. The molecule has 0 aliphatic carbocycles. The number of benzene rings is 2. The van der Waals surface area contributed by atoms with E-state index in [2.05, 4.69) is 46.0 Å². The van der Waals surface area contributed by atoms with Crippen LogP contribution in [0.3, 0.4) is 0 Å². The Morgan fingerprint density at radius 2 is 2.00 bits per heavy atom. The Hall–Kier alpha value is -3.93. The second kappa shape index (κ2) is 9.51. The molecule has 0 saturated carbocycles. The number of fused-ring (bicyclic) bond motifs is 2. The zero-order valence-electron chi connectivity index (χ0n) is 19.4. The third-order valence-corrected chi connectivity index (χ3v) is 6.11. The van der Waals surface area contributed by atoms with Gasteiger partial charge in [-0.05, 0) is 55.5 Å². The second-order valence-electron chi connectivity index (χ2n) is 8.28. The maximum Gasteiger partial charge on any atom is 0.148 e. The molecule has 3 heterocycles. The Kier molecular flexibility index (Phi) is 6.12. The van der Waals surface area contributed by atoms with Crippen LogP contribution in [0.5, 0.6) is 5.75 Å². The van der Waals surface area contributed by atoms with Crippen molar-refractivity contribution in [2.24, 2.45) is 0 Å². The van der Waals surface area contributed by atoms with Crippen LogP contribution in [0, 0.1) is 5.82 Å². The highest BCUT2D eigenvalue weighted by molar-refractivity contribution is 5.93. The third kappa shape index (κ3) is 4.31. The van der Waals surface area contributed by atoms with Crippen LogP contribution in [0.15, 0.2) is 66.9 Å². The molecule has 4 aromatic rings. The highest BCUT2D eigenvalue weighted by Gasteiger charge is 2.20. The first-order chi connectivity index (χ1) is 16.7. The molecule has 0 spiro atoms. The van der Waals surface area contributed by atoms with E-state index < -0.39 is 0 Å². The molecule has 5 rings (SSSR count). The minimum atomic E-state index is -0.258. The standard InChI is InChI=1S/C28H27FN4O/c1-3-24(21-15-19-5-4-12-32-26(19)25(17-21)30-2)31-13-10-23-16-20-11-14-34-28(20)27(33-23)18-6-8-22(29)9-7-18/h3-9,12,15-17,30-31H,10-11,13-14H2,1-2H3/b24-3-. The van der Waals surface area contributed by atoms with Gasteiger partial charge in [-0.1, -0.05) is 12.1 Å². The summed E-state index contributed by atoms with van der Waals surface area (Å²) in [5.41, 5.74) is 7.94. The molecule has 2 aromatic carbocycles. The van der Waals surface area contributed by atoms with E-state index in [9.17, 15) is 4.39 Å². The van der Waals surface area contributed by atoms with Crippen LogP contribution in [0.1, 0.15) is 23.7 Å². The lowest BCUT2D eigenvalue weighted by molar-refractivity contribution is 0.357. The molecule has 0 saturated heterocycles. The number of pyridine rings is 2. The maximum atomic E-state index is 13.4. The van der Waals surface area contributed by atoms with E-state index in [1.54, 1.807) is 12.1 Å². The van der Waals surface area contributed by atoms with Gasteiger partial charge >= 0.3 is 0 Å². The van der Waals surface area contributed by atoms with Gasteiger partial charge in [0.1, 0.15) is 17.3 Å². The summed E-state index contributed by atoms with van der Waals surface area (Å²) in [7, 11) is 1.91. The summed E-state index contributed by atoms with van der Waals surface area (Å²) in [4.78, 5) is 9.39. The number of hydrogen-bond donors (Lipinski definition) is 2. The number of hydrogen-bond acceptors (Lipinski definition) is 5. The lowest BCUT2D eigenvalue weighted by Crippen LogP contribution is -2.16. The van der Waals surface area contributed by atoms with Crippen LogP contribution in [0.25, 0.3) is 27.9 Å². The Balaban J connectivity index is 1.36. The number of aromatic nitrogens is 2. The Bertz CT molecular complexity index is 1370. The average molecular weight is 455 g/mol. The van der Waals surface area contributed by atoms with Crippen molar-refractivity contribution in [3.05, 3.63) is 89.5 Å². The summed E-state index contributed by atoms with van der Waals surface area (Å²) < 4.78 is 19.3. The number of nitrogens with one attached hydrogen (secondary N) is 2.